The van der Waals surface area contributed by atoms with Crippen LogP contribution in [0.1, 0.15) is 37.3 Å². The lowest BCUT2D eigenvalue weighted by molar-refractivity contribution is 0.286. The Morgan fingerprint density at radius 2 is 2.06 bits per heavy atom. The van der Waals surface area contributed by atoms with E-state index in [1.807, 2.05) is 0 Å². The van der Waals surface area contributed by atoms with Crippen LogP contribution in [0.4, 0.5) is 0 Å². The summed E-state index contributed by atoms with van der Waals surface area (Å²) in [5.74, 6) is 1.50. The van der Waals surface area contributed by atoms with Gasteiger partial charge >= 0.3 is 0 Å². The molecule has 0 aliphatic heterocycles. The first kappa shape index (κ1) is 15.0. The van der Waals surface area contributed by atoms with E-state index < -0.39 is 0 Å². The van der Waals surface area contributed by atoms with Crippen molar-refractivity contribution in [1.82, 2.24) is 5.32 Å². The lowest BCUT2D eigenvalue weighted by atomic mass is 10.00. The Kier molecular flexibility index (Phi) is 6.76. The van der Waals surface area contributed by atoms with Gasteiger partial charge in [-0.2, -0.15) is 0 Å². The summed E-state index contributed by atoms with van der Waals surface area (Å²) in [7, 11) is 1.72. The molecule has 0 atom stereocenters. The molecule has 0 radical (unpaired) electrons. The van der Waals surface area contributed by atoms with Gasteiger partial charge in [0.05, 0.1) is 7.11 Å². The number of methoxy groups -OCH3 is 1. The van der Waals surface area contributed by atoms with Gasteiger partial charge in [0.25, 0.3) is 0 Å². The first-order chi connectivity index (χ1) is 8.69. The van der Waals surface area contributed by atoms with Gasteiger partial charge in [-0.15, -0.1) is 0 Å². The smallest absolute Gasteiger partial charge is 0.122 e. The number of aliphatic hydroxyl groups is 1. The van der Waals surface area contributed by atoms with Crippen molar-refractivity contribution in [3.05, 3.63) is 29.3 Å². The van der Waals surface area contributed by atoms with Crippen molar-refractivity contribution in [3.8, 4) is 5.75 Å². The second-order valence-electron chi connectivity index (χ2n) is 4.80. The van der Waals surface area contributed by atoms with Crippen molar-refractivity contribution in [1.29, 1.82) is 0 Å². The van der Waals surface area contributed by atoms with Crippen LogP contribution in [0.2, 0.25) is 0 Å². The van der Waals surface area contributed by atoms with E-state index in [0.717, 1.165) is 31.7 Å². The topological polar surface area (TPSA) is 41.5 Å². The molecule has 0 aliphatic rings. The molecule has 3 heteroatoms. The highest BCUT2D eigenvalue weighted by Gasteiger charge is 2.06. The molecule has 0 heterocycles. The average molecular weight is 251 g/mol. The Labute approximate surface area is 110 Å². The molecule has 0 bridgehead atoms. The molecular weight excluding hydrogens is 226 g/mol. The van der Waals surface area contributed by atoms with Gasteiger partial charge in [-0.1, -0.05) is 26.0 Å². The zero-order chi connectivity index (χ0) is 13.4. The molecule has 0 unspecified atom stereocenters. The minimum atomic E-state index is 0.249. The molecule has 0 fully saturated rings. The van der Waals surface area contributed by atoms with Crippen LogP contribution in [0.25, 0.3) is 0 Å². The van der Waals surface area contributed by atoms with Crippen LogP contribution in [-0.2, 0) is 6.42 Å². The first-order valence-electron chi connectivity index (χ1n) is 6.67. The largest absolute Gasteiger partial charge is 0.496 e. The molecule has 1 aromatic rings. The Hall–Kier alpha value is -1.06. The van der Waals surface area contributed by atoms with E-state index in [1.54, 1.807) is 7.11 Å². The standard InChI is InChI=1S/C15H25NO2/c1-12(2)14-6-5-13(15(11-14)18-3)7-9-16-8-4-10-17/h5-6,11-12,16-17H,4,7-10H2,1-3H3. The van der Waals surface area contributed by atoms with Crippen molar-refractivity contribution < 1.29 is 9.84 Å². The number of benzene rings is 1. The van der Waals surface area contributed by atoms with Crippen molar-refractivity contribution in [2.45, 2.75) is 32.6 Å². The van der Waals surface area contributed by atoms with Crippen LogP contribution < -0.4 is 10.1 Å². The minimum absolute atomic E-state index is 0.249. The number of hydrogen-bond donors (Lipinski definition) is 2. The maximum absolute atomic E-state index is 8.69. The zero-order valence-electron chi connectivity index (χ0n) is 11.7. The molecule has 1 rings (SSSR count). The lowest BCUT2D eigenvalue weighted by Gasteiger charge is -2.13. The summed E-state index contributed by atoms with van der Waals surface area (Å²) in [6.45, 7) is 6.40. The molecule has 0 spiro atoms. The van der Waals surface area contributed by atoms with Gasteiger partial charge in [0.2, 0.25) is 0 Å². The SMILES string of the molecule is COc1cc(C(C)C)ccc1CCNCCCO. The monoisotopic (exact) mass is 251 g/mol. The van der Waals surface area contributed by atoms with Gasteiger partial charge in [0.15, 0.2) is 0 Å². The molecule has 102 valence electrons. The highest BCUT2D eigenvalue weighted by atomic mass is 16.5. The lowest BCUT2D eigenvalue weighted by Crippen LogP contribution is -2.19. The number of aliphatic hydroxyl groups excluding tert-OH is 1. The van der Waals surface area contributed by atoms with E-state index >= 15 is 0 Å². The predicted octanol–water partition coefficient (Wildman–Crippen LogP) is 2.33. The maximum Gasteiger partial charge on any atom is 0.122 e. The third kappa shape index (κ3) is 4.67. The maximum atomic E-state index is 8.69. The van der Waals surface area contributed by atoms with Crippen LogP contribution in [0, 0.1) is 0 Å². The fraction of sp³-hybridized carbons (Fsp3) is 0.600. The Morgan fingerprint density at radius 1 is 1.28 bits per heavy atom. The molecule has 1 aromatic carbocycles. The van der Waals surface area contributed by atoms with Gasteiger partial charge in [-0.05, 0) is 49.0 Å². The fourth-order valence-corrected chi connectivity index (χ4v) is 1.88. The summed E-state index contributed by atoms with van der Waals surface area (Å²) in [6, 6.07) is 6.46. The third-order valence-corrected chi connectivity index (χ3v) is 3.06. The second-order valence-corrected chi connectivity index (χ2v) is 4.80. The van der Waals surface area contributed by atoms with Crippen molar-refractivity contribution >= 4 is 0 Å². The van der Waals surface area contributed by atoms with Crippen LogP contribution in [0.5, 0.6) is 5.75 Å². The van der Waals surface area contributed by atoms with Crippen molar-refractivity contribution in [2.24, 2.45) is 0 Å². The predicted molar refractivity (Wildman–Crippen MR) is 75.4 cm³/mol. The summed E-state index contributed by atoms with van der Waals surface area (Å²) >= 11 is 0. The third-order valence-electron chi connectivity index (χ3n) is 3.06. The normalized spacial score (nSPS) is 10.9. The number of ether oxygens (including phenoxy) is 1. The Balaban J connectivity index is 2.54. The van der Waals surface area contributed by atoms with Crippen molar-refractivity contribution in [2.75, 3.05) is 26.8 Å². The molecule has 3 nitrogen and oxygen atoms in total. The number of rotatable bonds is 8. The van der Waals surface area contributed by atoms with Crippen molar-refractivity contribution in [3.63, 3.8) is 0 Å². The van der Waals surface area contributed by atoms with E-state index in [-0.39, 0.29) is 6.61 Å². The van der Waals surface area contributed by atoms with Gasteiger partial charge in [0.1, 0.15) is 5.75 Å². The molecule has 0 aliphatic carbocycles. The molecule has 0 saturated heterocycles. The van der Waals surface area contributed by atoms with Crippen LogP contribution in [0.15, 0.2) is 18.2 Å². The molecule has 0 amide bonds. The summed E-state index contributed by atoms with van der Waals surface area (Å²) in [4.78, 5) is 0. The number of hydrogen-bond acceptors (Lipinski definition) is 3. The van der Waals surface area contributed by atoms with Gasteiger partial charge in [0, 0.05) is 6.61 Å². The number of nitrogens with one attached hydrogen (secondary N) is 1. The van der Waals surface area contributed by atoms with Crippen LogP contribution in [0.3, 0.4) is 0 Å². The highest BCUT2D eigenvalue weighted by Crippen LogP contribution is 2.24. The van der Waals surface area contributed by atoms with E-state index in [1.165, 1.54) is 11.1 Å². The minimum Gasteiger partial charge on any atom is -0.496 e. The summed E-state index contributed by atoms with van der Waals surface area (Å²) < 4.78 is 5.45. The van der Waals surface area contributed by atoms with Gasteiger partial charge in [-0.25, -0.2) is 0 Å². The summed E-state index contributed by atoms with van der Waals surface area (Å²) in [5, 5.41) is 12.0. The fourth-order valence-electron chi connectivity index (χ4n) is 1.88. The van der Waals surface area contributed by atoms with Crippen LogP contribution >= 0.6 is 0 Å². The Bertz CT molecular complexity index is 350. The summed E-state index contributed by atoms with van der Waals surface area (Å²) in [5.41, 5.74) is 2.54. The van der Waals surface area contributed by atoms with Gasteiger partial charge in [-0.3, -0.25) is 0 Å². The van der Waals surface area contributed by atoms with Crippen LogP contribution in [-0.4, -0.2) is 31.9 Å². The first-order valence-corrected chi connectivity index (χ1v) is 6.67. The average Bonchev–Trinajstić information content (AvgIpc) is 2.38. The Morgan fingerprint density at radius 3 is 2.67 bits per heavy atom. The van der Waals surface area contributed by atoms with Gasteiger partial charge < -0.3 is 15.2 Å². The molecule has 0 aromatic heterocycles. The zero-order valence-corrected chi connectivity index (χ0v) is 11.7. The van der Waals surface area contributed by atoms with E-state index in [2.05, 4.69) is 37.4 Å². The molecule has 0 saturated carbocycles. The molecule has 2 N–H and O–H groups in total. The quantitative estimate of drug-likeness (QED) is 0.697. The van der Waals surface area contributed by atoms with E-state index in [0.29, 0.717) is 5.92 Å². The second kappa shape index (κ2) is 8.11. The summed E-state index contributed by atoms with van der Waals surface area (Å²) in [6.07, 6.45) is 1.76. The molecular formula is C15H25NO2. The van der Waals surface area contributed by atoms with E-state index in [9.17, 15) is 0 Å². The highest BCUT2D eigenvalue weighted by molar-refractivity contribution is 5.38. The molecule has 18 heavy (non-hydrogen) atoms. The van der Waals surface area contributed by atoms with E-state index in [4.69, 9.17) is 9.84 Å².